The zero-order valence-electron chi connectivity index (χ0n) is 40.2. The zero-order valence-corrected chi connectivity index (χ0v) is 41.1. The van der Waals surface area contributed by atoms with Crippen LogP contribution in [0.1, 0.15) is 93.8 Å². The third-order valence-electron chi connectivity index (χ3n) is 13.3. The standard InChI is InChI=1S/C56H50F7N4O5P/c1-5-38-21-15-22-39(6-2)49(38)67-50(46-32-65(54(3,4)52(46)64-67)31-40-24-25-42(55(58,59)60)30-47(40)56(61,62)63)44-26-27-48(57)51-45(44)28-29-66(51)53(68)43-23-14-13-20-41(43)35-72-73(69,70-33-36-16-9-7-10-17-36)71-34-37-18-11-8-12-19-37/h7-30H,5-6,31-35H2,1-4H3. The molecule has 0 aliphatic carbocycles. The van der Waals surface area contributed by atoms with Crippen molar-refractivity contribution in [2.24, 2.45) is 0 Å². The molecule has 0 spiro atoms. The van der Waals surface area contributed by atoms with Crippen LogP contribution in [0.2, 0.25) is 0 Å². The molecule has 0 saturated carbocycles. The van der Waals surface area contributed by atoms with E-state index < -0.39 is 48.6 Å². The first-order valence-corrected chi connectivity index (χ1v) is 25.1. The highest BCUT2D eigenvalue weighted by Crippen LogP contribution is 2.52. The summed E-state index contributed by atoms with van der Waals surface area (Å²) in [7, 11) is -4.29. The topological polar surface area (TPSA) is 87.8 Å². The summed E-state index contributed by atoms with van der Waals surface area (Å²) < 4.78 is 136. The van der Waals surface area contributed by atoms with E-state index >= 15 is 4.39 Å². The van der Waals surface area contributed by atoms with Crippen LogP contribution in [0, 0.1) is 5.82 Å². The molecule has 0 unspecified atom stereocenters. The molecule has 378 valence electrons. The van der Waals surface area contributed by atoms with Crippen molar-refractivity contribution in [1.82, 2.24) is 19.2 Å². The van der Waals surface area contributed by atoms with Crippen molar-refractivity contribution in [2.45, 2.75) is 91.3 Å². The molecule has 0 saturated heterocycles. The van der Waals surface area contributed by atoms with Crippen molar-refractivity contribution in [3.05, 3.63) is 213 Å². The van der Waals surface area contributed by atoms with Crippen LogP contribution in [0.5, 0.6) is 0 Å². The predicted octanol–water partition coefficient (Wildman–Crippen LogP) is 14.8. The van der Waals surface area contributed by atoms with Crippen LogP contribution in [-0.4, -0.2) is 25.2 Å². The average Bonchev–Trinajstić information content (AvgIpc) is 4.06. The summed E-state index contributed by atoms with van der Waals surface area (Å²) >= 11 is 0. The van der Waals surface area contributed by atoms with Crippen molar-refractivity contribution in [2.75, 3.05) is 0 Å². The number of halogens is 7. The summed E-state index contributed by atoms with van der Waals surface area (Å²) in [6.07, 6.45) is -7.40. The van der Waals surface area contributed by atoms with Gasteiger partial charge in [0.25, 0.3) is 5.91 Å². The Kier molecular flexibility index (Phi) is 14.3. The van der Waals surface area contributed by atoms with Gasteiger partial charge in [0.05, 0.1) is 59.1 Å². The number of alkyl halides is 6. The van der Waals surface area contributed by atoms with E-state index in [2.05, 4.69) is 0 Å². The minimum Gasteiger partial charge on any atom is -0.284 e. The molecule has 0 N–H and O–H groups in total. The number of benzene rings is 6. The molecule has 3 heterocycles. The number of aryl methyl sites for hydroxylation is 2. The van der Waals surface area contributed by atoms with Gasteiger partial charge in [0.1, 0.15) is 5.82 Å². The third-order valence-corrected chi connectivity index (χ3v) is 14.7. The molecular formula is C56H50F7N4O5P. The van der Waals surface area contributed by atoms with Crippen molar-refractivity contribution in [3.63, 3.8) is 0 Å². The summed E-state index contributed by atoms with van der Waals surface area (Å²) in [5.74, 6) is -1.36. The fourth-order valence-electron chi connectivity index (χ4n) is 9.46. The number of phosphoric ester groups is 1. The number of phosphoric acid groups is 1. The Morgan fingerprint density at radius 2 is 1.27 bits per heavy atom. The monoisotopic (exact) mass is 1020 g/mol. The van der Waals surface area contributed by atoms with E-state index in [1.807, 2.05) is 68.4 Å². The summed E-state index contributed by atoms with van der Waals surface area (Å²) in [6, 6.07) is 36.6. The number of carbonyl (C=O) groups excluding carboxylic acids is 1. The van der Waals surface area contributed by atoms with Gasteiger partial charge in [-0.25, -0.2) is 13.6 Å². The lowest BCUT2D eigenvalue weighted by atomic mass is 9.96. The Balaban J connectivity index is 1.10. The van der Waals surface area contributed by atoms with Gasteiger partial charge in [-0.05, 0) is 96.5 Å². The minimum absolute atomic E-state index is 0.0194. The normalized spacial score (nSPS) is 14.0. The van der Waals surface area contributed by atoms with Gasteiger partial charge in [-0.1, -0.05) is 117 Å². The highest BCUT2D eigenvalue weighted by Gasteiger charge is 2.45. The molecule has 0 amide bonds. The number of para-hydroxylation sites is 1. The molecule has 6 aromatic carbocycles. The summed E-state index contributed by atoms with van der Waals surface area (Å²) in [5.41, 5.74) is 2.35. The van der Waals surface area contributed by atoms with Gasteiger partial charge >= 0.3 is 20.2 Å². The Bertz CT molecular complexity index is 3300. The van der Waals surface area contributed by atoms with Crippen molar-refractivity contribution in [1.29, 1.82) is 0 Å². The van der Waals surface area contributed by atoms with Gasteiger partial charge in [-0.2, -0.15) is 31.4 Å². The number of fused-ring (bicyclic) bond motifs is 2. The molecule has 2 aromatic heterocycles. The van der Waals surface area contributed by atoms with Crippen LogP contribution in [0.3, 0.4) is 0 Å². The lowest BCUT2D eigenvalue weighted by Crippen LogP contribution is -2.36. The van der Waals surface area contributed by atoms with Crippen LogP contribution in [0.25, 0.3) is 27.8 Å². The van der Waals surface area contributed by atoms with E-state index in [4.69, 9.17) is 18.7 Å². The number of aromatic nitrogens is 3. The first-order chi connectivity index (χ1) is 34.8. The number of hydrogen-bond acceptors (Lipinski definition) is 7. The molecule has 1 aliphatic rings. The van der Waals surface area contributed by atoms with Gasteiger partial charge in [0.2, 0.25) is 0 Å². The molecule has 0 atom stereocenters. The second kappa shape index (κ2) is 20.3. The van der Waals surface area contributed by atoms with E-state index in [1.54, 1.807) is 84.1 Å². The van der Waals surface area contributed by atoms with Crippen molar-refractivity contribution >= 4 is 24.6 Å². The molecule has 9 nitrogen and oxygen atoms in total. The van der Waals surface area contributed by atoms with Crippen LogP contribution in [-0.2, 0) is 81.8 Å². The Hall–Kier alpha value is -6.68. The average molecular weight is 1020 g/mol. The zero-order chi connectivity index (χ0) is 51.9. The maximum Gasteiger partial charge on any atom is 0.475 e. The van der Waals surface area contributed by atoms with Crippen LogP contribution >= 0.6 is 7.82 Å². The van der Waals surface area contributed by atoms with Gasteiger partial charge in [-0.15, -0.1) is 0 Å². The first kappa shape index (κ1) is 51.2. The van der Waals surface area contributed by atoms with Crippen LogP contribution < -0.4 is 0 Å². The smallest absolute Gasteiger partial charge is 0.284 e. The molecule has 8 aromatic rings. The molecule has 9 rings (SSSR count). The maximum atomic E-state index is 16.6. The van der Waals surface area contributed by atoms with E-state index in [-0.39, 0.29) is 55.6 Å². The van der Waals surface area contributed by atoms with Gasteiger partial charge in [-0.3, -0.25) is 27.8 Å². The van der Waals surface area contributed by atoms with E-state index in [0.29, 0.717) is 52.4 Å². The molecular weight excluding hydrogens is 973 g/mol. The summed E-state index contributed by atoms with van der Waals surface area (Å²) in [5, 5.41) is 5.55. The van der Waals surface area contributed by atoms with E-state index in [1.165, 1.54) is 16.8 Å². The van der Waals surface area contributed by atoms with Gasteiger partial charge in [0.15, 0.2) is 0 Å². The number of rotatable bonds is 16. The molecule has 73 heavy (non-hydrogen) atoms. The van der Waals surface area contributed by atoms with Crippen LogP contribution in [0.15, 0.2) is 146 Å². The van der Waals surface area contributed by atoms with Crippen LogP contribution in [0.4, 0.5) is 30.7 Å². The lowest BCUT2D eigenvalue weighted by Gasteiger charge is -2.33. The fraction of sp³-hybridized carbons (Fsp3) is 0.250. The Morgan fingerprint density at radius 3 is 1.88 bits per heavy atom. The number of carbonyl (C=O) groups is 1. The fourth-order valence-corrected chi connectivity index (χ4v) is 10.6. The first-order valence-electron chi connectivity index (χ1n) is 23.6. The summed E-state index contributed by atoms with van der Waals surface area (Å²) in [6.45, 7) is 6.67. The quantitative estimate of drug-likeness (QED) is 0.0704. The van der Waals surface area contributed by atoms with Gasteiger partial charge in [0, 0.05) is 41.4 Å². The maximum absolute atomic E-state index is 16.6. The second-order valence-corrected chi connectivity index (χ2v) is 19.9. The molecule has 0 bridgehead atoms. The molecule has 1 aliphatic heterocycles. The van der Waals surface area contributed by atoms with Crippen molar-refractivity contribution in [3.8, 4) is 16.9 Å². The highest BCUT2D eigenvalue weighted by molar-refractivity contribution is 7.48. The predicted molar refractivity (Wildman–Crippen MR) is 263 cm³/mol. The van der Waals surface area contributed by atoms with Gasteiger partial charge < -0.3 is 0 Å². The second-order valence-electron chi connectivity index (χ2n) is 18.2. The molecule has 17 heteroatoms. The van der Waals surface area contributed by atoms with E-state index in [9.17, 15) is 35.7 Å². The molecule has 0 radical (unpaired) electrons. The SMILES string of the molecule is CCc1cccc(CC)c1-n1nc2c(c1-c1ccc(F)c3c1ccn3C(=O)c1ccccc1COP(=O)(OCc1ccccc1)OCc1ccccc1)CN(Cc1ccc(C(F)(F)F)cc1C(F)(F)F)C2(C)C. The highest BCUT2D eigenvalue weighted by atomic mass is 31.2. The number of hydrogen-bond donors (Lipinski definition) is 0. The van der Waals surface area contributed by atoms with E-state index in [0.717, 1.165) is 34.0 Å². The minimum atomic E-state index is -5.08. The lowest BCUT2D eigenvalue weighted by molar-refractivity contribution is -0.143. The Morgan fingerprint density at radius 1 is 0.685 bits per heavy atom. The molecule has 0 fully saturated rings. The van der Waals surface area contributed by atoms with Crippen molar-refractivity contribution < 1.29 is 53.7 Å². The largest absolute Gasteiger partial charge is 0.475 e. The Labute approximate surface area is 417 Å². The number of nitrogens with zero attached hydrogens (tertiary/aromatic N) is 4. The third kappa shape index (κ3) is 10.3. The summed E-state index contributed by atoms with van der Waals surface area (Å²) in [4.78, 5) is 16.5.